The fraction of sp³-hybridized carbons (Fsp3) is 0.0769. The van der Waals surface area contributed by atoms with Crippen molar-refractivity contribution < 1.29 is 40.3 Å². The summed E-state index contributed by atoms with van der Waals surface area (Å²) in [6, 6.07) is 27.2. The van der Waals surface area contributed by atoms with Crippen LogP contribution in [-0.2, 0) is 20.2 Å². The largest absolute Gasteiger partial charge is 0.494 e. The van der Waals surface area contributed by atoms with E-state index >= 15 is 0 Å². The normalized spacial score (nSPS) is 11.9. The maximum absolute atomic E-state index is 13.1. The number of benzene rings is 6. The number of rotatable bonds is 11. The molecule has 0 aliphatic heterocycles. The Labute approximate surface area is 326 Å². The van der Waals surface area contributed by atoms with Crippen LogP contribution in [0.15, 0.2) is 139 Å². The van der Waals surface area contributed by atoms with Gasteiger partial charge in [-0.2, -0.15) is 37.3 Å². The summed E-state index contributed by atoms with van der Waals surface area (Å²) in [6.45, 7) is 3.58. The topological polar surface area (TPSA) is 252 Å². The van der Waals surface area contributed by atoms with E-state index in [0.717, 1.165) is 6.07 Å². The van der Waals surface area contributed by atoms with Gasteiger partial charge in [0.1, 0.15) is 10.6 Å². The SMILES string of the molecule is COc1cc(N=Nc2ccc(N=Nc3ccc4cc(S(=O)(=O)O)cc(S(=O)(=O)O)c4c3)c(C)c2)c(C)cc1NC(=O)c1ccc(NC(=O)c2ccc(N)cc2)cc1. The lowest BCUT2D eigenvalue weighted by molar-refractivity contribution is 0.101. The van der Waals surface area contributed by atoms with E-state index in [1.165, 1.54) is 25.3 Å². The average Bonchev–Trinajstić information content (AvgIpc) is 3.16. The zero-order valence-electron chi connectivity index (χ0n) is 30.3. The first-order valence-corrected chi connectivity index (χ1v) is 19.6. The molecule has 0 aliphatic carbocycles. The number of amides is 2. The second-order valence-corrected chi connectivity index (χ2v) is 15.4. The molecule has 18 heteroatoms. The van der Waals surface area contributed by atoms with Crippen molar-refractivity contribution >= 4 is 82.6 Å². The Bertz CT molecular complexity index is 2850. The monoisotopic (exact) mass is 807 g/mol. The standard InChI is InChI=1S/C39H33N7O9S2/c1-22-16-29(14-15-33(22)45-44-30-13-8-26-18-31(56(49,50)51)20-37(32(26)19-30)57(52,53)54)43-46-34-21-36(55-3)35(17-23(34)2)42-39(48)25-6-11-28(12-7-25)41-38(47)24-4-9-27(40)10-5-24/h4-21H,40H2,1-3H3,(H,41,47)(H,42,48)(H,49,50,51)(H,52,53,54). The second kappa shape index (κ2) is 16.1. The zero-order chi connectivity index (χ0) is 41.1. The van der Waals surface area contributed by atoms with Crippen LogP contribution in [0.1, 0.15) is 31.8 Å². The number of ether oxygens (including phenoxy) is 1. The van der Waals surface area contributed by atoms with Gasteiger partial charge in [-0.05, 0) is 127 Å². The van der Waals surface area contributed by atoms with Crippen molar-refractivity contribution in [1.29, 1.82) is 0 Å². The molecule has 0 aliphatic rings. The number of anilines is 3. The molecule has 0 unspecified atom stereocenters. The van der Waals surface area contributed by atoms with E-state index in [0.29, 0.717) is 68.2 Å². The van der Waals surface area contributed by atoms with Gasteiger partial charge in [0.15, 0.2) is 0 Å². The minimum atomic E-state index is -4.87. The third-order valence-corrected chi connectivity index (χ3v) is 10.2. The van der Waals surface area contributed by atoms with Crippen molar-refractivity contribution in [3.8, 4) is 5.75 Å². The Balaban J connectivity index is 1.13. The third kappa shape index (κ3) is 9.51. The zero-order valence-corrected chi connectivity index (χ0v) is 32.0. The average molecular weight is 808 g/mol. The van der Waals surface area contributed by atoms with E-state index in [-0.39, 0.29) is 22.4 Å². The van der Waals surface area contributed by atoms with Gasteiger partial charge >= 0.3 is 0 Å². The number of hydrogen-bond acceptors (Lipinski definition) is 12. The van der Waals surface area contributed by atoms with E-state index in [1.54, 1.807) is 92.7 Å². The smallest absolute Gasteiger partial charge is 0.295 e. The molecular weight excluding hydrogens is 775 g/mol. The molecule has 6 aromatic carbocycles. The minimum Gasteiger partial charge on any atom is -0.494 e. The number of nitrogens with two attached hydrogens (primary N) is 1. The van der Waals surface area contributed by atoms with Crippen LogP contribution >= 0.6 is 0 Å². The number of azo groups is 2. The fourth-order valence-electron chi connectivity index (χ4n) is 5.54. The molecule has 2 amide bonds. The summed E-state index contributed by atoms with van der Waals surface area (Å²) in [5, 5.41) is 22.9. The van der Waals surface area contributed by atoms with Crippen LogP contribution in [0.5, 0.6) is 5.75 Å². The molecule has 0 spiro atoms. The molecule has 0 saturated heterocycles. The number of carbonyl (C=O) groups is 2. The van der Waals surface area contributed by atoms with Crippen LogP contribution in [0.4, 0.5) is 39.8 Å². The summed E-state index contributed by atoms with van der Waals surface area (Å²) in [4.78, 5) is 24.2. The molecular formula is C39H33N7O9S2. The number of nitrogens with one attached hydrogen (secondary N) is 2. The first kappa shape index (κ1) is 39.8. The van der Waals surface area contributed by atoms with Crippen molar-refractivity contribution in [2.45, 2.75) is 23.6 Å². The number of hydrogen-bond donors (Lipinski definition) is 5. The minimum absolute atomic E-state index is 0.0270. The summed E-state index contributed by atoms with van der Waals surface area (Å²) in [5.74, 6) is -0.368. The molecule has 0 bridgehead atoms. The maximum Gasteiger partial charge on any atom is 0.295 e. The van der Waals surface area contributed by atoms with Crippen molar-refractivity contribution in [3.63, 3.8) is 0 Å². The van der Waals surface area contributed by atoms with Crippen molar-refractivity contribution in [2.24, 2.45) is 20.5 Å². The van der Waals surface area contributed by atoms with Crippen LogP contribution in [-0.4, -0.2) is 44.9 Å². The highest BCUT2D eigenvalue weighted by Gasteiger charge is 2.21. The lowest BCUT2D eigenvalue weighted by Gasteiger charge is -2.13. The van der Waals surface area contributed by atoms with E-state index in [9.17, 15) is 35.5 Å². The van der Waals surface area contributed by atoms with Gasteiger partial charge in [0.2, 0.25) is 0 Å². The van der Waals surface area contributed by atoms with Crippen molar-refractivity contribution in [3.05, 3.63) is 131 Å². The van der Waals surface area contributed by atoms with Crippen LogP contribution in [0.25, 0.3) is 10.8 Å². The molecule has 0 fully saturated rings. The predicted octanol–water partition coefficient (Wildman–Crippen LogP) is 8.88. The van der Waals surface area contributed by atoms with Crippen LogP contribution in [0.2, 0.25) is 0 Å². The predicted molar refractivity (Wildman–Crippen MR) is 214 cm³/mol. The molecule has 0 aromatic heterocycles. The number of aryl methyl sites for hydroxylation is 2. The highest BCUT2D eigenvalue weighted by molar-refractivity contribution is 7.86. The number of methoxy groups -OCH3 is 1. The van der Waals surface area contributed by atoms with Crippen LogP contribution in [0, 0.1) is 13.8 Å². The van der Waals surface area contributed by atoms with E-state index in [2.05, 4.69) is 31.1 Å². The number of nitrogens with zero attached hydrogens (tertiary/aromatic N) is 4. The molecule has 6 N–H and O–H groups in total. The van der Waals surface area contributed by atoms with Gasteiger partial charge in [0.25, 0.3) is 32.1 Å². The Morgan fingerprint density at radius 3 is 1.82 bits per heavy atom. The summed E-state index contributed by atoms with van der Waals surface area (Å²) < 4.78 is 72.0. The molecule has 6 aromatic rings. The summed E-state index contributed by atoms with van der Waals surface area (Å²) >= 11 is 0. The Kier molecular flexibility index (Phi) is 11.2. The maximum atomic E-state index is 13.1. The highest BCUT2D eigenvalue weighted by Crippen LogP contribution is 2.36. The van der Waals surface area contributed by atoms with E-state index in [1.807, 2.05) is 0 Å². The Morgan fingerprint density at radius 2 is 1.21 bits per heavy atom. The van der Waals surface area contributed by atoms with E-state index in [4.69, 9.17) is 10.5 Å². The first-order chi connectivity index (χ1) is 27.0. The Hall–Kier alpha value is -6.86. The lowest BCUT2D eigenvalue weighted by atomic mass is 10.1. The van der Waals surface area contributed by atoms with Crippen molar-refractivity contribution in [2.75, 3.05) is 23.5 Å². The molecule has 290 valence electrons. The quantitative estimate of drug-likeness (QED) is 0.0472. The molecule has 57 heavy (non-hydrogen) atoms. The van der Waals surface area contributed by atoms with Gasteiger partial charge in [0, 0.05) is 34.0 Å². The molecule has 0 radical (unpaired) electrons. The highest BCUT2D eigenvalue weighted by atomic mass is 32.2. The second-order valence-electron chi connectivity index (χ2n) is 12.6. The van der Waals surface area contributed by atoms with Gasteiger partial charge < -0.3 is 21.1 Å². The van der Waals surface area contributed by atoms with Gasteiger partial charge in [-0.15, -0.1) is 0 Å². The molecule has 16 nitrogen and oxygen atoms in total. The van der Waals surface area contributed by atoms with Gasteiger partial charge in [-0.3, -0.25) is 18.7 Å². The molecule has 0 saturated carbocycles. The van der Waals surface area contributed by atoms with Gasteiger partial charge in [-0.1, -0.05) is 6.07 Å². The summed E-state index contributed by atoms with van der Waals surface area (Å²) in [5.41, 5.74) is 11.0. The number of nitrogen functional groups attached to an aromatic ring is 1. The fourth-order valence-corrected chi connectivity index (χ4v) is 6.88. The molecule has 6 rings (SSSR count). The third-order valence-electron chi connectivity index (χ3n) is 8.52. The summed E-state index contributed by atoms with van der Waals surface area (Å²) in [6.07, 6.45) is 0. The lowest BCUT2D eigenvalue weighted by Crippen LogP contribution is -2.14. The Morgan fingerprint density at radius 1 is 0.632 bits per heavy atom. The van der Waals surface area contributed by atoms with Crippen LogP contribution < -0.4 is 21.1 Å². The van der Waals surface area contributed by atoms with Gasteiger partial charge in [-0.25, -0.2) is 0 Å². The molecule has 0 atom stereocenters. The van der Waals surface area contributed by atoms with Crippen molar-refractivity contribution in [1.82, 2.24) is 0 Å². The molecule has 0 heterocycles. The first-order valence-electron chi connectivity index (χ1n) is 16.7. The van der Waals surface area contributed by atoms with Crippen LogP contribution in [0.3, 0.4) is 0 Å². The summed E-state index contributed by atoms with van der Waals surface area (Å²) in [7, 11) is -8.17. The van der Waals surface area contributed by atoms with E-state index < -0.39 is 35.9 Å². The van der Waals surface area contributed by atoms with Gasteiger partial charge in [0.05, 0.1) is 40.4 Å². The number of carbonyl (C=O) groups excluding carboxylic acids is 2. The number of fused-ring (bicyclic) bond motifs is 1.